The smallest absolute Gasteiger partial charge is 0.251 e. The molecule has 1 N–H and O–H groups in total. The third kappa shape index (κ3) is 4.30. The number of hydrogen-bond donors (Lipinski definition) is 1. The second kappa shape index (κ2) is 8.84. The van der Waals surface area contributed by atoms with E-state index in [-0.39, 0.29) is 12.5 Å². The molecule has 0 fully saturated rings. The second-order valence-corrected chi connectivity index (χ2v) is 5.30. The zero-order chi connectivity index (χ0) is 19.1. The molecule has 140 valence electrons. The van der Waals surface area contributed by atoms with Crippen LogP contribution in [0.2, 0.25) is 0 Å². The number of benzene rings is 2. The Hall–Kier alpha value is -3.09. The van der Waals surface area contributed by atoms with Crippen LogP contribution in [0.5, 0.6) is 28.7 Å². The lowest BCUT2D eigenvalue weighted by Crippen LogP contribution is -2.23. The molecule has 0 aliphatic carbocycles. The number of amides is 1. The summed E-state index contributed by atoms with van der Waals surface area (Å²) in [5.41, 5.74) is 1.19. The molecule has 0 aliphatic heterocycles. The van der Waals surface area contributed by atoms with Gasteiger partial charge in [0.2, 0.25) is 0 Å². The maximum Gasteiger partial charge on any atom is 0.251 e. The topological polar surface area (TPSA) is 75.3 Å². The summed E-state index contributed by atoms with van der Waals surface area (Å²) >= 11 is 0. The number of methoxy groups -OCH3 is 5. The molecule has 26 heavy (non-hydrogen) atoms. The zero-order valence-corrected chi connectivity index (χ0v) is 15.5. The summed E-state index contributed by atoms with van der Waals surface area (Å²) in [4.78, 5) is 12.5. The predicted molar refractivity (Wildman–Crippen MR) is 96.8 cm³/mol. The molecule has 0 saturated carbocycles. The van der Waals surface area contributed by atoms with Crippen LogP contribution in [0.1, 0.15) is 15.9 Å². The summed E-state index contributed by atoms with van der Waals surface area (Å²) in [6, 6.07) is 8.47. The SMILES string of the molecule is COc1cc(OC)cc(C(=O)NCc2cc(OC)c(OC)cc2OC)c1. The summed E-state index contributed by atoms with van der Waals surface area (Å²) in [5, 5.41) is 2.85. The number of nitrogens with one attached hydrogen (secondary N) is 1. The Kier molecular flexibility index (Phi) is 6.54. The van der Waals surface area contributed by atoms with E-state index < -0.39 is 0 Å². The van der Waals surface area contributed by atoms with E-state index in [9.17, 15) is 4.79 Å². The number of hydrogen-bond acceptors (Lipinski definition) is 6. The third-order valence-electron chi connectivity index (χ3n) is 3.84. The molecule has 0 radical (unpaired) electrons. The van der Waals surface area contributed by atoms with Crippen LogP contribution in [0.4, 0.5) is 0 Å². The first-order chi connectivity index (χ1) is 12.6. The Labute approximate surface area is 152 Å². The molecule has 2 aromatic rings. The van der Waals surface area contributed by atoms with Gasteiger partial charge >= 0.3 is 0 Å². The third-order valence-corrected chi connectivity index (χ3v) is 3.84. The largest absolute Gasteiger partial charge is 0.497 e. The average Bonchev–Trinajstić information content (AvgIpc) is 2.70. The van der Waals surface area contributed by atoms with Gasteiger partial charge in [-0.2, -0.15) is 0 Å². The van der Waals surface area contributed by atoms with Crippen molar-refractivity contribution in [2.45, 2.75) is 6.54 Å². The minimum absolute atomic E-state index is 0.252. The van der Waals surface area contributed by atoms with E-state index in [0.29, 0.717) is 34.3 Å². The summed E-state index contributed by atoms with van der Waals surface area (Å²) < 4.78 is 26.3. The minimum Gasteiger partial charge on any atom is -0.497 e. The van der Waals surface area contributed by atoms with Crippen LogP contribution in [-0.4, -0.2) is 41.5 Å². The molecule has 0 aromatic heterocycles. The first-order valence-corrected chi connectivity index (χ1v) is 7.86. The van der Waals surface area contributed by atoms with Gasteiger partial charge in [-0.1, -0.05) is 0 Å². The van der Waals surface area contributed by atoms with Crippen molar-refractivity contribution in [1.82, 2.24) is 5.32 Å². The van der Waals surface area contributed by atoms with Crippen molar-refractivity contribution in [3.8, 4) is 28.7 Å². The molecule has 0 saturated heterocycles. The predicted octanol–water partition coefficient (Wildman–Crippen LogP) is 2.66. The van der Waals surface area contributed by atoms with Gasteiger partial charge in [0.1, 0.15) is 17.2 Å². The van der Waals surface area contributed by atoms with Gasteiger partial charge < -0.3 is 29.0 Å². The molecule has 0 atom stereocenters. The number of carbonyl (C=O) groups excluding carboxylic acids is 1. The van der Waals surface area contributed by atoms with E-state index in [1.807, 2.05) is 0 Å². The number of rotatable bonds is 8. The van der Waals surface area contributed by atoms with Crippen LogP contribution < -0.4 is 29.0 Å². The zero-order valence-electron chi connectivity index (χ0n) is 15.5. The van der Waals surface area contributed by atoms with Gasteiger partial charge in [0.25, 0.3) is 5.91 Å². The van der Waals surface area contributed by atoms with Crippen molar-refractivity contribution in [2.24, 2.45) is 0 Å². The van der Waals surface area contributed by atoms with Gasteiger partial charge in [-0.3, -0.25) is 4.79 Å². The average molecular weight is 361 g/mol. The van der Waals surface area contributed by atoms with Crippen LogP contribution in [0.15, 0.2) is 30.3 Å². The quantitative estimate of drug-likeness (QED) is 0.779. The molecular formula is C19H23NO6. The van der Waals surface area contributed by atoms with E-state index >= 15 is 0 Å². The van der Waals surface area contributed by atoms with Crippen molar-refractivity contribution in [2.75, 3.05) is 35.5 Å². The molecule has 2 rings (SSSR count). The van der Waals surface area contributed by atoms with Crippen molar-refractivity contribution in [3.05, 3.63) is 41.5 Å². The summed E-state index contributed by atoms with van der Waals surface area (Å²) in [6.07, 6.45) is 0. The maximum absolute atomic E-state index is 12.5. The van der Waals surface area contributed by atoms with Gasteiger partial charge in [0.15, 0.2) is 11.5 Å². The first kappa shape index (κ1) is 19.2. The number of ether oxygens (including phenoxy) is 5. The Morgan fingerprint density at radius 1 is 0.731 bits per heavy atom. The lowest BCUT2D eigenvalue weighted by Gasteiger charge is -2.15. The fourth-order valence-corrected chi connectivity index (χ4v) is 2.45. The van der Waals surface area contributed by atoms with Gasteiger partial charge in [0.05, 0.1) is 35.5 Å². The van der Waals surface area contributed by atoms with E-state index in [2.05, 4.69) is 5.32 Å². The molecule has 0 unspecified atom stereocenters. The van der Waals surface area contributed by atoms with Crippen LogP contribution in [0.3, 0.4) is 0 Å². The summed E-state index contributed by atoms with van der Waals surface area (Å²) in [6.45, 7) is 0.252. The van der Waals surface area contributed by atoms with Crippen LogP contribution in [-0.2, 0) is 6.54 Å². The van der Waals surface area contributed by atoms with Crippen molar-refractivity contribution in [3.63, 3.8) is 0 Å². The Morgan fingerprint density at radius 2 is 1.27 bits per heavy atom. The Bertz CT molecular complexity index is 753. The highest BCUT2D eigenvalue weighted by Gasteiger charge is 2.14. The van der Waals surface area contributed by atoms with E-state index in [1.165, 1.54) is 14.2 Å². The minimum atomic E-state index is -0.265. The summed E-state index contributed by atoms with van der Waals surface area (Å²) in [5.74, 6) is 2.51. The maximum atomic E-state index is 12.5. The van der Waals surface area contributed by atoms with Crippen LogP contribution >= 0.6 is 0 Å². The Morgan fingerprint density at radius 3 is 1.77 bits per heavy atom. The molecule has 1 amide bonds. The molecule has 0 spiro atoms. The highest BCUT2D eigenvalue weighted by molar-refractivity contribution is 5.95. The first-order valence-electron chi connectivity index (χ1n) is 7.86. The van der Waals surface area contributed by atoms with Gasteiger partial charge in [-0.25, -0.2) is 0 Å². The van der Waals surface area contributed by atoms with Crippen LogP contribution in [0.25, 0.3) is 0 Å². The number of carbonyl (C=O) groups is 1. The molecule has 0 heterocycles. The van der Waals surface area contributed by atoms with Crippen molar-refractivity contribution >= 4 is 5.91 Å². The fourth-order valence-electron chi connectivity index (χ4n) is 2.45. The highest BCUT2D eigenvalue weighted by Crippen LogP contribution is 2.34. The summed E-state index contributed by atoms with van der Waals surface area (Å²) in [7, 11) is 7.72. The molecule has 2 aromatic carbocycles. The Balaban J connectivity index is 2.21. The molecule has 7 nitrogen and oxygen atoms in total. The molecule has 7 heteroatoms. The standard InChI is InChI=1S/C19H23NO6/c1-22-14-6-12(7-15(9-14)23-2)19(21)20-11-13-8-17(25-4)18(26-5)10-16(13)24-3/h6-10H,11H2,1-5H3,(H,20,21). The lowest BCUT2D eigenvalue weighted by molar-refractivity contribution is 0.0950. The van der Waals surface area contributed by atoms with Gasteiger partial charge in [0, 0.05) is 29.8 Å². The van der Waals surface area contributed by atoms with Gasteiger partial charge in [-0.15, -0.1) is 0 Å². The van der Waals surface area contributed by atoms with Crippen molar-refractivity contribution < 1.29 is 28.5 Å². The monoisotopic (exact) mass is 361 g/mol. The highest BCUT2D eigenvalue weighted by atomic mass is 16.5. The fraction of sp³-hybridized carbons (Fsp3) is 0.316. The molecular weight excluding hydrogens is 338 g/mol. The van der Waals surface area contributed by atoms with E-state index in [1.54, 1.807) is 51.7 Å². The van der Waals surface area contributed by atoms with E-state index in [4.69, 9.17) is 23.7 Å². The molecule has 0 aliphatic rings. The van der Waals surface area contributed by atoms with Crippen LogP contribution in [0, 0.1) is 0 Å². The molecule has 0 bridgehead atoms. The van der Waals surface area contributed by atoms with E-state index in [0.717, 1.165) is 5.56 Å². The lowest BCUT2D eigenvalue weighted by atomic mass is 10.1. The van der Waals surface area contributed by atoms with Gasteiger partial charge in [-0.05, 0) is 18.2 Å². The second-order valence-electron chi connectivity index (χ2n) is 5.30. The normalized spacial score (nSPS) is 10.0. The van der Waals surface area contributed by atoms with Crippen molar-refractivity contribution in [1.29, 1.82) is 0 Å².